The summed E-state index contributed by atoms with van der Waals surface area (Å²) in [6.45, 7) is 4.99. The van der Waals surface area contributed by atoms with Gasteiger partial charge in [-0.3, -0.25) is 19.2 Å². The summed E-state index contributed by atoms with van der Waals surface area (Å²) in [7, 11) is 0. The fraction of sp³-hybridized carbons (Fsp3) is 0.667. The summed E-state index contributed by atoms with van der Waals surface area (Å²) in [6.07, 6.45) is 2.26. The Morgan fingerprint density at radius 2 is 0.909 bits per heavy atom. The summed E-state index contributed by atoms with van der Waals surface area (Å²) < 4.78 is 0. The Balaban J connectivity index is -0.0000000937. The van der Waals surface area contributed by atoms with Crippen molar-refractivity contribution in [3.8, 4) is 0 Å². The van der Waals surface area contributed by atoms with Crippen LogP contribution in [0.1, 0.15) is 40.5 Å². The minimum Gasteiger partial charge on any atom is -0.481 e. The van der Waals surface area contributed by atoms with Crippen LogP contribution in [-0.2, 0) is 19.2 Å². The van der Waals surface area contributed by atoms with Crippen LogP contribution >= 0.6 is 0 Å². The van der Waals surface area contributed by atoms with E-state index in [4.69, 9.17) is 51.1 Å². The van der Waals surface area contributed by atoms with Crippen LogP contribution in [0.3, 0.4) is 0 Å². The molecule has 0 spiro atoms. The Kier molecular flexibility index (Phi) is 21.5. The highest BCUT2D eigenvalue weighted by Gasteiger charge is 2.35. The standard InChI is InChI=1S/C4H10N2.4C2H4O2/c5-3-4(6)1-2-4;4*1-2(3)4/h1-3,5-6H2;4*1H3,(H,3,4). The molecule has 0 radical (unpaired) electrons. The van der Waals surface area contributed by atoms with Crippen molar-refractivity contribution in [1.29, 1.82) is 0 Å². The molecular formula is C12H26N2O8. The number of nitrogens with two attached hydrogens (primary N) is 2. The maximum atomic E-state index is 9.00. The van der Waals surface area contributed by atoms with Crippen LogP contribution in [-0.4, -0.2) is 56.4 Å². The third-order valence-electron chi connectivity index (χ3n) is 1.30. The normalized spacial score (nSPS) is 11.9. The quantitative estimate of drug-likeness (QED) is 0.374. The van der Waals surface area contributed by atoms with Gasteiger partial charge in [-0.15, -0.1) is 0 Å². The van der Waals surface area contributed by atoms with Gasteiger partial charge in [0.25, 0.3) is 23.9 Å². The van der Waals surface area contributed by atoms with Crippen molar-refractivity contribution in [1.82, 2.24) is 0 Å². The molecule has 0 aliphatic heterocycles. The van der Waals surface area contributed by atoms with Gasteiger partial charge in [0.05, 0.1) is 0 Å². The molecule has 10 heteroatoms. The average Bonchev–Trinajstić information content (AvgIpc) is 2.94. The van der Waals surface area contributed by atoms with Gasteiger partial charge < -0.3 is 31.9 Å². The van der Waals surface area contributed by atoms with Crippen molar-refractivity contribution >= 4 is 23.9 Å². The lowest BCUT2D eigenvalue weighted by molar-refractivity contribution is -0.135. The van der Waals surface area contributed by atoms with Gasteiger partial charge in [-0.1, -0.05) is 0 Å². The topological polar surface area (TPSA) is 201 Å². The minimum absolute atomic E-state index is 0.0694. The number of carbonyl (C=O) groups is 4. The molecule has 1 aliphatic rings. The predicted molar refractivity (Wildman–Crippen MR) is 78.4 cm³/mol. The molecular weight excluding hydrogens is 300 g/mol. The fourth-order valence-electron chi connectivity index (χ4n) is 0.365. The van der Waals surface area contributed by atoms with E-state index in [2.05, 4.69) is 0 Å². The zero-order chi connectivity index (χ0) is 18.9. The number of carboxylic acid groups (broad SMARTS) is 4. The molecule has 0 amide bonds. The largest absolute Gasteiger partial charge is 0.481 e. The van der Waals surface area contributed by atoms with E-state index in [1.165, 1.54) is 0 Å². The molecule has 8 N–H and O–H groups in total. The maximum absolute atomic E-state index is 9.00. The van der Waals surface area contributed by atoms with E-state index in [0.29, 0.717) is 6.54 Å². The van der Waals surface area contributed by atoms with Crippen molar-refractivity contribution in [3.63, 3.8) is 0 Å². The highest BCUT2D eigenvalue weighted by Crippen LogP contribution is 2.29. The minimum atomic E-state index is -0.833. The van der Waals surface area contributed by atoms with E-state index in [0.717, 1.165) is 40.5 Å². The molecule has 1 aliphatic carbocycles. The van der Waals surface area contributed by atoms with Gasteiger partial charge in [-0.2, -0.15) is 0 Å². The van der Waals surface area contributed by atoms with Gasteiger partial charge >= 0.3 is 0 Å². The summed E-state index contributed by atoms with van der Waals surface area (Å²) in [6, 6.07) is 0. The second-order valence-corrected chi connectivity index (χ2v) is 4.14. The van der Waals surface area contributed by atoms with Crippen molar-refractivity contribution in [2.24, 2.45) is 11.5 Å². The monoisotopic (exact) mass is 326 g/mol. The Labute approximate surface area is 128 Å². The zero-order valence-corrected chi connectivity index (χ0v) is 13.2. The molecule has 0 bridgehead atoms. The third kappa shape index (κ3) is 149. The van der Waals surface area contributed by atoms with Crippen molar-refractivity contribution in [3.05, 3.63) is 0 Å². The molecule has 0 unspecified atom stereocenters. The molecule has 1 rings (SSSR count). The molecule has 132 valence electrons. The first kappa shape index (κ1) is 28.0. The first-order chi connectivity index (χ1) is 9.70. The van der Waals surface area contributed by atoms with Gasteiger partial charge in [0.2, 0.25) is 0 Å². The van der Waals surface area contributed by atoms with E-state index in [9.17, 15) is 0 Å². The predicted octanol–water partition coefficient (Wildman–Crippen LogP) is -0.200. The molecule has 1 fully saturated rings. The molecule has 0 aromatic rings. The van der Waals surface area contributed by atoms with Crippen molar-refractivity contribution in [2.45, 2.75) is 46.1 Å². The van der Waals surface area contributed by atoms with E-state index in [1.807, 2.05) is 0 Å². The molecule has 0 atom stereocenters. The number of hydrogen-bond acceptors (Lipinski definition) is 6. The lowest BCUT2D eigenvalue weighted by Crippen LogP contribution is -2.31. The molecule has 10 nitrogen and oxygen atoms in total. The lowest BCUT2D eigenvalue weighted by atomic mass is 10.3. The molecule has 0 heterocycles. The lowest BCUT2D eigenvalue weighted by Gasteiger charge is -1.98. The van der Waals surface area contributed by atoms with Gasteiger partial charge in [0.15, 0.2) is 0 Å². The van der Waals surface area contributed by atoms with Gasteiger partial charge in [-0.25, -0.2) is 0 Å². The van der Waals surface area contributed by atoms with Crippen LogP contribution in [0.25, 0.3) is 0 Å². The second-order valence-electron chi connectivity index (χ2n) is 4.14. The van der Waals surface area contributed by atoms with Crippen LogP contribution < -0.4 is 11.5 Å². The van der Waals surface area contributed by atoms with Gasteiger partial charge in [0, 0.05) is 39.8 Å². The average molecular weight is 326 g/mol. The Bertz CT molecular complexity index is 276. The van der Waals surface area contributed by atoms with E-state index < -0.39 is 23.9 Å². The van der Waals surface area contributed by atoms with Crippen LogP contribution in [0, 0.1) is 0 Å². The van der Waals surface area contributed by atoms with Crippen LogP contribution in [0.15, 0.2) is 0 Å². The maximum Gasteiger partial charge on any atom is 0.300 e. The highest BCUT2D eigenvalue weighted by atomic mass is 16.4. The van der Waals surface area contributed by atoms with Crippen LogP contribution in [0.2, 0.25) is 0 Å². The highest BCUT2D eigenvalue weighted by molar-refractivity contribution is 5.63. The van der Waals surface area contributed by atoms with Crippen LogP contribution in [0.5, 0.6) is 0 Å². The molecule has 22 heavy (non-hydrogen) atoms. The Hall–Kier alpha value is -2.20. The summed E-state index contributed by atoms with van der Waals surface area (Å²) in [5.41, 5.74) is 10.8. The number of rotatable bonds is 1. The first-order valence-corrected chi connectivity index (χ1v) is 5.97. The molecule has 0 aromatic heterocycles. The fourth-order valence-corrected chi connectivity index (χ4v) is 0.365. The Morgan fingerprint density at radius 3 is 0.909 bits per heavy atom. The number of carboxylic acids is 4. The summed E-state index contributed by atoms with van der Waals surface area (Å²) in [4.78, 5) is 36.0. The van der Waals surface area contributed by atoms with E-state index in [1.54, 1.807) is 0 Å². The van der Waals surface area contributed by atoms with Crippen LogP contribution in [0.4, 0.5) is 0 Å². The first-order valence-electron chi connectivity index (χ1n) is 5.97. The van der Waals surface area contributed by atoms with E-state index in [-0.39, 0.29) is 5.54 Å². The second kappa shape index (κ2) is 16.9. The SMILES string of the molecule is CC(=O)O.CC(=O)O.CC(=O)O.CC(=O)O.NCC1(N)CC1. The number of hydrogen-bond donors (Lipinski definition) is 6. The third-order valence-corrected chi connectivity index (χ3v) is 1.30. The Morgan fingerprint density at radius 1 is 0.773 bits per heavy atom. The zero-order valence-electron chi connectivity index (χ0n) is 13.2. The van der Waals surface area contributed by atoms with Gasteiger partial charge in [-0.05, 0) is 12.8 Å². The smallest absolute Gasteiger partial charge is 0.300 e. The molecule has 1 saturated carbocycles. The molecule has 0 aromatic carbocycles. The van der Waals surface area contributed by atoms with Crippen molar-refractivity contribution in [2.75, 3.05) is 6.54 Å². The van der Waals surface area contributed by atoms with E-state index >= 15 is 0 Å². The summed E-state index contributed by atoms with van der Waals surface area (Å²) in [5, 5.41) is 29.7. The summed E-state index contributed by atoms with van der Waals surface area (Å²) >= 11 is 0. The number of aliphatic carboxylic acids is 4. The van der Waals surface area contributed by atoms with Crippen molar-refractivity contribution < 1.29 is 39.6 Å². The summed E-state index contributed by atoms with van der Waals surface area (Å²) in [5.74, 6) is -3.33. The molecule has 0 saturated heterocycles. The van der Waals surface area contributed by atoms with Gasteiger partial charge in [0.1, 0.15) is 0 Å².